The molecule has 0 saturated heterocycles. The van der Waals surface area contributed by atoms with Crippen LogP contribution in [-0.4, -0.2) is 25.2 Å². The van der Waals surface area contributed by atoms with Crippen LogP contribution in [0.2, 0.25) is 0 Å². The van der Waals surface area contributed by atoms with Gasteiger partial charge in [-0.05, 0) is 96.3 Å². The van der Waals surface area contributed by atoms with E-state index in [2.05, 4.69) is 102 Å². The maximum atomic E-state index is 11.8. The molecular weight excluding hydrogens is 833 g/mol. The Hall–Kier alpha value is -2.36. The van der Waals surface area contributed by atoms with Gasteiger partial charge in [-0.25, -0.2) is 0 Å². The van der Waals surface area contributed by atoms with Crippen molar-refractivity contribution in [1.29, 1.82) is 0 Å². The zero-order valence-corrected chi connectivity index (χ0v) is 46.9. The van der Waals surface area contributed by atoms with Crippen LogP contribution in [0.5, 0.6) is 0 Å². The summed E-state index contributed by atoms with van der Waals surface area (Å²) in [5.74, 6) is -0.379. The lowest BCUT2D eigenvalue weighted by Gasteiger charge is -2.07. The third-order valence-electron chi connectivity index (χ3n) is 12.4. The van der Waals surface area contributed by atoms with E-state index in [1.165, 1.54) is 205 Å². The molecule has 0 radical (unpaired) electrons. The van der Waals surface area contributed by atoms with Crippen LogP contribution in [0.25, 0.3) is 0 Å². The van der Waals surface area contributed by atoms with Crippen molar-refractivity contribution in [3.05, 3.63) is 60.8 Å². The molecule has 0 saturated carbocycles. The lowest BCUT2D eigenvalue weighted by atomic mass is 10.0. The summed E-state index contributed by atoms with van der Waals surface area (Å²) in [6, 6.07) is 0. The number of ether oxygens (including phenoxy) is 2. The molecule has 0 spiro atoms. The minimum Gasteiger partial charge on any atom is -0.462 e. The lowest BCUT2D eigenvalue weighted by Crippen LogP contribution is -2.13. The molecule has 68 heavy (non-hydrogen) atoms. The topological polar surface area (TPSA) is 52.6 Å². The molecular formula is C64H120O4. The predicted octanol–water partition coefficient (Wildman–Crippen LogP) is 22.1. The molecule has 0 N–H and O–H groups in total. The van der Waals surface area contributed by atoms with Crippen LogP contribution in [0, 0.1) is 0 Å². The Morgan fingerprint density at radius 2 is 0.485 bits per heavy atom. The summed E-state index contributed by atoms with van der Waals surface area (Å²) in [5.41, 5.74) is 0. The van der Waals surface area contributed by atoms with Crippen LogP contribution in [0.4, 0.5) is 0 Å². The molecule has 0 aromatic heterocycles. The Morgan fingerprint density at radius 1 is 0.265 bits per heavy atom. The fourth-order valence-electron chi connectivity index (χ4n) is 7.86. The first-order valence-electron chi connectivity index (χ1n) is 30.1. The Labute approximate surface area is 427 Å². The van der Waals surface area contributed by atoms with Crippen molar-refractivity contribution in [3.8, 4) is 0 Å². The van der Waals surface area contributed by atoms with Crippen LogP contribution in [-0.2, 0) is 19.1 Å². The molecule has 0 aliphatic carbocycles. The lowest BCUT2D eigenvalue weighted by molar-refractivity contribution is -0.152. The summed E-state index contributed by atoms with van der Waals surface area (Å²) in [6.07, 6.45) is 78.0. The van der Waals surface area contributed by atoms with Crippen molar-refractivity contribution >= 4 is 11.9 Å². The summed E-state index contributed by atoms with van der Waals surface area (Å²) in [5, 5.41) is 0. The minimum absolute atomic E-state index is 0.163. The molecule has 0 aliphatic rings. The fourth-order valence-corrected chi connectivity index (χ4v) is 7.86. The maximum absolute atomic E-state index is 11.8. The van der Waals surface area contributed by atoms with Crippen molar-refractivity contribution in [2.75, 3.05) is 13.2 Å². The van der Waals surface area contributed by atoms with Crippen LogP contribution in [0.3, 0.4) is 0 Å². The van der Waals surface area contributed by atoms with Gasteiger partial charge in [-0.1, -0.05) is 276 Å². The second-order valence-electron chi connectivity index (χ2n) is 19.4. The standard InChI is InChI=1S/C32H56O4.C16H34.C16H30/c1-3-5-7-9-11-13-14-15-16-17-18-20-22-24-26-28-32(34)36-30-29-35-31(33)27-25-23-21-19-12-10-8-6-4-2;2*1-3-5-7-9-11-13-15-16-14-12-10-8-6-4-2/h6,8,11,13,15-16H,3-5,7,9-10,12,14,17-30H2,1-2H3;3-16H2,1-2H3;11,13-14,16H,3-10,12,15H2,1-2H3/b8-6+,13-11+,16-15+;;13-11-,16-14-. The van der Waals surface area contributed by atoms with Gasteiger partial charge in [0.2, 0.25) is 0 Å². The zero-order valence-electron chi connectivity index (χ0n) is 46.9. The molecule has 0 atom stereocenters. The van der Waals surface area contributed by atoms with Crippen LogP contribution in [0.1, 0.15) is 324 Å². The van der Waals surface area contributed by atoms with Gasteiger partial charge in [0.1, 0.15) is 13.2 Å². The first-order valence-corrected chi connectivity index (χ1v) is 30.1. The molecule has 0 unspecified atom stereocenters. The average Bonchev–Trinajstić information content (AvgIpc) is 3.34. The van der Waals surface area contributed by atoms with Crippen molar-refractivity contribution in [2.45, 2.75) is 324 Å². The minimum atomic E-state index is -0.189. The van der Waals surface area contributed by atoms with Crippen molar-refractivity contribution in [1.82, 2.24) is 0 Å². The van der Waals surface area contributed by atoms with E-state index in [1.807, 2.05) is 0 Å². The molecule has 0 amide bonds. The summed E-state index contributed by atoms with van der Waals surface area (Å²) < 4.78 is 10.3. The third kappa shape index (κ3) is 72.6. The highest BCUT2D eigenvalue weighted by atomic mass is 16.6. The predicted molar refractivity (Wildman–Crippen MR) is 305 cm³/mol. The number of unbranched alkanes of at least 4 members (excludes halogenated alkanes) is 33. The Morgan fingerprint density at radius 3 is 0.779 bits per heavy atom. The number of carbonyl (C=O) groups excluding carboxylic acids is 2. The van der Waals surface area contributed by atoms with Gasteiger partial charge >= 0.3 is 11.9 Å². The SMILES string of the molecule is CC/C=C/CCCCCCCC(=O)OCCOC(=O)CCCCCCC/C=C/C/C=C/CCCCC.CCCCC/C=C\C/C=C\CCCCCC.CCCCCCCCCCCCCCCC. The van der Waals surface area contributed by atoms with E-state index in [0.717, 1.165) is 64.2 Å². The maximum Gasteiger partial charge on any atom is 0.305 e. The number of hydrogen-bond acceptors (Lipinski definition) is 4. The Kier molecular flexibility index (Phi) is 70.8. The van der Waals surface area contributed by atoms with E-state index in [-0.39, 0.29) is 25.2 Å². The monoisotopic (exact) mass is 953 g/mol. The van der Waals surface area contributed by atoms with Crippen molar-refractivity contribution in [2.24, 2.45) is 0 Å². The second-order valence-corrected chi connectivity index (χ2v) is 19.4. The highest BCUT2D eigenvalue weighted by Crippen LogP contribution is 2.14. The largest absolute Gasteiger partial charge is 0.462 e. The van der Waals surface area contributed by atoms with E-state index in [1.54, 1.807) is 0 Å². The van der Waals surface area contributed by atoms with Gasteiger partial charge in [-0.3, -0.25) is 9.59 Å². The Bertz CT molecular complexity index is 1070. The van der Waals surface area contributed by atoms with E-state index in [4.69, 9.17) is 9.47 Å². The molecule has 0 bridgehead atoms. The fraction of sp³-hybridized carbons (Fsp3) is 0.812. The highest BCUT2D eigenvalue weighted by Gasteiger charge is 2.06. The van der Waals surface area contributed by atoms with Gasteiger partial charge in [-0.15, -0.1) is 0 Å². The summed E-state index contributed by atoms with van der Waals surface area (Å²) in [4.78, 5) is 23.5. The summed E-state index contributed by atoms with van der Waals surface area (Å²) in [7, 11) is 0. The van der Waals surface area contributed by atoms with E-state index >= 15 is 0 Å². The van der Waals surface area contributed by atoms with Gasteiger partial charge in [0.05, 0.1) is 0 Å². The molecule has 0 aliphatic heterocycles. The Balaban J connectivity index is -0.00000109. The zero-order chi connectivity index (χ0) is 50.2. The van der Waals surface area contributed by atoms with Crippen LogP contribution >= 0.6 is 0 Å². The molecule has 0 aromatic rings. The number of hydrogen-bond donors (Lipinski definition) is 0. The number of esters is 2. The molecule has 0 heterocycles. The first-order chi connectivity index (χ1) is 33.5. The number of rotatable bonds is 50. The smallest absolute Gasteiger partial charge is 0.305 e. The van der Waals surface area contributed by atoms with Crippen LogP contribution < -0.4 is 0 Å². The molecule has 0 fully saturated rings. The first kappa shape index (κ1) is 69.9. The highest BCUT2D eigenvalue weighted by molar-refractivity contribution is 5.70. The second kappa shape index (κ2) is 68.9. The van der Waals surface area contributed by atoms with Gasteiger partial charge in [0.25, 0.3) is 0 Å². The van der Waals surface area contributed by atoms with Gasteiger partial charge in [0.15, 0.2) is 0 Å². The average molecular weight is 954 g/mol. The summed E-state index contributed by atoms with van der Waals surface area (Å²) in [6.45, 7) is 13.8. The van der Waals surface area contributed by atoms with Gasteiger partial charge in [0, 0.05) is 12.8 Å². The van der Waals surface area contributed by atoms with Crippen molar-refractivity contribution in [3.63, 3.8) is 0 Å². The third-order valence-corrected chi connectivity index (χ3v) is 12.4. The van der Waals surface area contributed by atoms with E-state index in [9.17, 15) is 9.59 Å². The van der Waals surface area contributed by atoms with Crippen molar-refractivity contribution < 1.29 is 19.1 Å². The quantitative estimate of drug-likeness (QED) is 0.0346. The summed E-state index contributed by atoms with van der Waals surface area (Å²) >= 11 is 0. The molecule has 0 rings (SSSR count). The van der Waals surface area contributed by atoms with E-state index in [0.29, 0.717) is 12.8 Å². The van der Waals surface area contributed by atoms with Gasteiger partial charge in [-0.2, -0.15) is 0 Å². The van der Waals surface area contributed by atoms with Gasteiger partial charge < -0.3 is 9.47 Å². The van der Waals surface area contributed by atoms with Crippen LogP contribution in [0.15, 0.2) is 60.8 Å². The molecule has 4 nitrogen and oxygen atoms in total. The normalized spacial score (nSPS) is 11.6. The van der Waals surface area contributed by atoms with E-state index < -0.39 is 0 Å². The number of carbonyl (C=O) groups is 2. The molecule has 4 heteroatoms. The molecule has 400 valence electrons. The molecule has 0 aromatic carbocycles. The number of allylic oxidation sites excluding steroid dienone is 10.